The highest BCUT2D eigenvalue weighted by Crippen LogP contribution is 2.24. The lowest BCUT2D eigenvalue weighted by atomic mass is 10.1. The van der Waals surface area contributed by atoms with E-state index in [1.807, 2.05) is 30.3 Å². The number of anilines is 2. The molecule has 1 aliphatic rings. The van der Waals surface area contributed by atoms with Crippen LogP contribution < -0.4 is 10.2 Å². The number of hydrogen-bond donors (Lipinski definition) is 1. The van der Waals surface area contributed by atoms with E-state index in [1.165, 1.54) is 5.69 Å². The zero-order valence-electron chi connectivity index (χ0n) is 15.5. The van der Waals surface area contributed by atoms with E-state index in [-0.39, 0.29) is 5.91 Å². The Labute approximate surface area is 164 Å². The van der Waals surface area contributed by atoms with Crippen LogP contribution in [0.4, 0.5) is 11.4 Å². The van der Waals surface area contributed by atoms with Gasteiger partial charge >= 0.3 is 0 Å². The van der Waals surface area contributed by atoms with Gasteiger partial charge in [0.2, 0.25) is 5.91 Å². The molecule has 2 aromatic rings. The third-order valence-corrected chi connectivity index (χ3v) is 5.48. The summed E-state index contributed by atoms with van der Waals surface area (Å²) >= 11 is 3.41. The van der Waals surface area contributed by atoms with E-state index in [0.29, 0.717) is 6.42 Å². The molecule has 0 atom stereocenters. The first-order valence-electron chi connectivity index (χ1n) is 9.17. The number of likely N-dealkylation sites (N-methyl/N-ethyl adjacent to an activating group) is 1. The Hall–Kier alpha value is -1.85. The summed E-state index contributed by atoms with van der Waals surface area (Å²) in [6, 6.07) is 14.2. The third kappa shape index (κ3) is 4.86. The molecule has 1 saturated heterocycles. The van der Waals surface area contributed by atoms with Gasteiger partial charge in [-0.1, -0.05) is 35.0 Å². The van der Waals surface area contributed by atoms with Crippen LogP contribution in [0.5, 0.6) is 0 Å². The molecule has 0 saturated carbocycles. The smallest absolute Gasteiger partial charge is 0.228 e. The Kier molecular flexibility index (Phi) is 6.33. The average molecular weight is 416 g/mol. The number of nitrogens with one attached hydrogen (secondary N) is 1. The van der Waals surface area contributed by atoms with Gasteiger partial charge < -0.3 is 15.1 Å². The summed E-state index contributed by atoms with van der Waals surface area (Å²) in [6.07, 6.45) is 0.382. The molecule has 1 fully saturated rings. The van der Waals surface area contributed by atoms with E-state index in [9.17, 15) is 4.79 Å². The Morgan fingerprint density at radius 3 is 2.38 bits per heavy atom. The molecule has 26 heavy (non-hydrogen) atoms. The maximum Gasteiger partial charge on any atom is 0.228 e. The lowest BCUT2D eigenvalue weighted by Gasteiger charge is -2.35. The first-order chi connectivity index (χ1) is 12.5. The van der Waals surface area contributed by atoms with Gasteiger partial charge in [-0.2, -0.15) is 0 Å². The molecule has 3 rings (SSSR count). The number of hydrogen-bond acceptors (Lipinski definition) is 3. The van der Waals surface area contributed by atoms with Gasteiger partial charge in [0.25, 0.3) is 0 Å². The minimum Gasteiger partial charge on any atom is -0.369 e. The predicted molar refractivity (Wildman–Crippen MR) is 112 cm³/mol. The zero-order chi connectivity index (χ0) is 18.5. The van der Waals surface area contributed by atoms with Gasteiger partial charge in [0.1, 0.15) is 0 Å². The van der Waals surface area contributed by atoms with Crippen molar-refractivity contribution < 1.29 is 4.79 Å². The average Bonchev–Trinajstić information content (AvgIpc) is 2.65. The third-order valence-electron chi connectivity index (χ3n) is 4.95. The van der Waals surface area contributed by atoms with Gasteiger partial charge in [0, 0.05) is 42.0 Å². The van der Waals surface area contributed by atoms with Crippen LogP contribution in [0, 0.1) is 6.92 Å². The lowest BCUT2D eigenvalue weighted by Crippen LogP contribution is -2.46. The number of carbonyl (C=O) groups is 1. The molecule has 0 bridgehead atoms. The minimum atomic E-state index is 0.0136. The van der Waals surface area contributed by atoms with Crippen molar-refractivity contribution in [1.82, 2.24) is 4.90 Å². The van der Waals surface area contributed by atoms with E-state index < -0.39 is 0 Å². The first kappa shape index (κ1) is 18.9. The SMILES string of the molecule is CCN1CCN(c2ccc(NC(=O)Cc3ccc(Br)cc3)c(C)c2)CC1. The Morgan fingerprint density at radius 1 is 1.08 bits per heavy atom. The fourth-order valence-corrected chi connectivity index (χ4v) is 3.55. The van der Waals surface area contributed by atoms with Gasteiger partial charge in [-0.05, 0) is 54.9 Å². The van der Waals surface area contributed by atoms with Crippen LogP contribution in [-0.4, -0.2) is 43.5 Å². The van der Waals surface area contributed by atoms with Gasteiger partial charge in [-0.3, -0.25) is 4.79 Å². The molecule has 0 spiro atoms. The Bertz CT molecular complexity index is 752. The van der Waals surface area contributed by atoms with Crippen molar-refractivity contribution in [2.24, 2.45) is 0 Å². The number of piperazine rings is 1. The summed E-state index contributed by atoms with van der Waals surface area (Å²) in [4.78, 5) is 17.2. The van der Waals surface area contributed by atoms with Crippen LogP contribution in [0.3, 0.4) is 0 Å². The summed E-state index contributed by atoms with van der Waals surface area (Å²) in [5, 5.41) is 3.04. The molecular formula is C21H26BrN3O. The maximum atomic E-state index is 12.3. The van der Waals surface area contributed by atoms with E-state index in [1.54, 1.807) is 0 Å². The standard InChI is InChI=1S/C21H26BrN3O/c1-3-24-10-12-25(13-11-24)19-8-9-20(16(2)14-19)23-21(26)15-17-4-6-18(22)7-5-17/h4-9,14H,3,10-13,15H2,1-2H3,(H,23,26). The largest absolute Gasteiger partial charge is 0.369 e. The van der Waals surface area contributed by atoms with E-state index in [4.69, 9.17) is 0 Å². The van der Waals surface area contributed by atoms with Crippen molar-refractivity contribution in [3.8, 4) is 0 Å². The van der Waals surface area contributed by atoms with Gasteiger partial charge in [0.05, 0.1) is 6.42 Å². The molecule has 1 aliphatic heterocycles. The summed E-state index contributed by atoms with van der Waals surface area (Å²) in [5.74, 6) is 0.0136. The summed E-state index contributed by atoms with van der Waals surface area (Å²) < 4.78 is 1.02. The number of aryl methyl sites for hydroxylation is 1. The molecule has 0 unspecified atom stereocenters. The summed E-state index contributed by atoms with van der Waals surface area (Å²) in [7, 11) is 0. The number of nitrogens with zero attached hydrogens (tertiary/aromatic N) is 2. The normalized spacial score (nSPS) is 15.1. The lowest BCUT2D eigenvalue weighted by molar-refractivity contribution is -0.115. The second-order valence-corrected chi connectivity index (χ2v) is 7.69. The molecule has 4 nitrogen and oxygen atoms in total. The predicted octanol–water partition coefficient (Wildman–Crippen LogP) is 4.08. The van der Waals surface area contributed by atoms with E-state index in [0.717, 1.165) is 54.0 Å². The molecule has 0 aromatic heterocycles. The first-order valence-corrected chi connectivity index (χ1v) is 9.96. The van der Waals surface area contributed by atoms with Crippen molar-refractivity contribution in [1.29, 1.82) is 0 Å². The van der Waals surface area contributed by atoms with Crippen molar-refractivity contribution in [2.45, 2.75) is 20.3 Å². The van der Waals surface area contributed by atoms with Crippen LogP contribution in [-0.2, 0) is 11.2 Å². The quantitative estimate of drug-likeness (QED) is 0.798. The molecule has 5 heteroatoms. The van der Waals surface area contributed by atoms with Crippen LogP contribution in [0.15, 0.2) is 46.9 Å². The zero-order valence-corrected chi connectivity index (χ0v) is 17.1. The summed E-state index contributed by atoms with van der Waals surface area (Å²) in [6.45, 7) is 9.73. The fourth-order valence-electron chi connectivity index (χ4n) is 3.29. The van der Waals surface area contributed by atoms with Gasteiger partial charge in [-0.25, -0.2) is 0 Å². The molecule has 0 radical (unpaired) electrons. The highest BCUT2D eigenvalue weighted by molar-refractivity contribution is 9.10. The second-order valence-electron chi connectivity index (χ2n) is 6.77. The highest BCUT2D eigenvalue weighted by Gasteiger charge is 2.16. The molecule has 138 valence electrons. The van der Waals surface area contributed by atoms with Crippen LogP contribution >= 0.6 is 15.9 Å². The second kappa shape index (κ2) is 8.69. The van der Waals surface area contributed by atoms with Crippen LogP contribution in [0.1, 0.15) is 18.1 Å². The van der Waals surface area contributed by atoms with Crippen LogP contribution in [0.25, 0.3) is 0 Å². The molecule has 1 heterocycles. The Balaban J connectivity index is 1.60. The number of carbonyl (C=O) groups excluding carboxylic acids is 1. The van der Waals surface area contributed by atoms with E-state index >= 15 is 0 Å². The molecule has 2 aromatic carbocycles. The van der Waals surface area contributed by atoms with Crippen LogP contribution in [0.2, 0.25) is 0 Å². The molecule has 0 aliphatic carbocycles. The van der Waals surface area contributed by atoms with Crippen molar-refractivity contribution in [3.63, 3.8) is 0 Å². The monoisotopic (exact) mass is 415 g/mol. The van der Waals surface area contributed by atoms with Gasteiger partial charge in [0.15, 0.2) is 0 Å². The number of amides is 1. The minimum absolute atomic E-state index is 0.0136. The molecular weight excluding hydrogens is 390 g/mol. The van der Waals surface area contributed by atoms with Crippen molar-refractivity contribution in [2.75, 3.05) is 42.9 Å². The van der Waals surface area contributed by atoms with E-state index in [2.05, 4.69) is 57.0 Å². The fraction of sp³-hybridized carbons (Fsp3) is 0.381. The topological polar surface area (TPSA) is 35.6 Å². The highest BCUT2D eigenvalue weighted by atomic mass is 79.9. The van der Waals surface area contributed by atoms with Gasteiger partial charge in [-0.15, -0.1) is 0 Å². The van der Waals surface area contributed by atoms with Crippen molar-refractivity contribution in [3.05, 3.63) is 58.1 Å². The maximum absolute atomic E-state index is 12.3. The number of rotatable bonds is 5. The molecule has 1 N–H and O–H groups in total. The summed E-state index contributed by atoms with van der Waals surface area (Å²) in [5.41, 5.74) is 4.24. The number of benzene rings is 2. The molecule has 1 amide bonds. The number of halogens is 1. The van der Waals surface area contributed by atoms with Crippen molar-refractivity contribution >= 4 is 33.2 Å². The Morgan fingerprint density at radius 2 is 1.77 bits per heavy atom.